The van der Waals surface area contributed by atoms with Crippen molar-refractivity contribution in [3.63, 3.8) is 0 Å². The Morgan fingerprint density at radius 2 is 1.74 bits per heavy atom. The van der Waals surface area contributed by atoms with Crippen molar-refractivity contribution in [1.29, 1.82) is 0 Å². The predicted molar refractivity (Wildman–Crippen MR) is 94.6 cm³/mol. The molecule has 0 aromatic heterocycles. The number of morpholine rings is 1. The van der Waals surface area contributed by atoms with E-state index in [0.717, 1.165) is 39.4 Å². The molecule has 4 heteroatoms. The van der Waals surface area contributed by atoms with Gasteiger partial charge in [-0.15, -0.1) is 0 Å². The van der Waals surface area contributed by atoms with Crippen LogP contribution in [0, 0.1) is 0 Å². The van der Waals surface area contributed by atoms with Crippen LogP contribution in [0.1, 0.15) is 25.3 Å². The molecule has 0 bridgehead atoms. The second-order valence-electron chi connectivity index (χ2n) is 7.02. The van der Waals surface area contributed by atoms with Crippen LogP contribution >= 0.6 is 0 Å². The number of likely N-dealkylation sites (tertiary alicyclic amines) is 1. The first kappa shape index (κ1) is 16.9. The van der Waals surface area contributed by atoms with Crippen molar-refractivity contribution in [2.75, 3.05) is 45.9 Å². The highest BCUT2D eigenvalue weighted by molar-refractivity contribution is 5.14. The Hall–Kier alpha value is -0.940. The highest BCUT2D eigenvalue weighted by Crippen LogP contribution is 2.14. The maximum absolute atomic E-state index is 5.42. The van der Waals surface area contributed by atoms with E-state index in [1.165, 1.54) is 31.5 Å². The van der Waals surface area contributed by atoms with E-state index in [2.05, 4.69) is 52.4 Å². The van der Waals surface area contributed by atoms with Gasteiger partial charge >= 0.3 is 0 Å². The first-order valence-electron chi connectivity index (χ1n) is 9.12. The Bertz CT molecular complexity index is 439. The normalized spacial score (nSPS) is 23.0. The minimum atomic E-state index is 0.568. The van der Waals surface area contributed by atoms with Crippen LogP contribution in [0.5, 0.6) is 0 Å². The van der Waals surface area contributed by atoms with Crippen molar-refractivity contribution in [3.8, 4) is 0 Å². The highest BCUT2D eigenvalue weighted by Gasteiger charge is 2.21. The predicted octanol–water partition coefficient (Wildman–Crippen LogP) is 1.96. The van der Waals surface area contributed by atoms with Crippen molar-refractivity contribution in [1.82, 2.24) is 15.1 Å². The van der Waals surface area contributed by atoms with Crippen LogP contribution in [-0.2, 0) is 11.3 Å². The van der Waals surface area contributed by atoms with Crippen molar-refractivity contribution >= 4 is 0 Å². The fourth-order valence-corrected chi connectivity index (χ4v) is 3.73. The van der Waals surface area contributed by atoms with Crippen molar-refractivity contribution in [2.24, 2.45) is 0 Å². The third kappa shape index (κ3) is 5.57. The summed E-state index contributed by atoms with van der Waals surface area (Å²) in [5.41, 5.74) is 1.43. The van der Waals surface area contributed by atoms with Gasteiger partial charge in [0.25, 0.3) is 0 Å². The van der Waals surface area contributed by atoms with Gasteiger partial charge in [0.1, 0.15) is 0 Å². The van der Waals surface area contributed by atoms with Crippen molar-refractivity contribution in [2.45, 2.75) is 38.4 Å². The van der Waals surface area contributed by atoms with Crippen LogP contribution in [0.4, 0.5) is 0 Å². The molecule has 0 saturated carbocycles. The standard InChI is InChI=1S/C19H31N3O/c1-17(15-22-11-13-23-14-12-22)20-19-7-9-21(10-8-19)16-18-5-3-2-4-6-18/h2-6,17,19-20H,7-16H2,1H3. The molecule has 2 saturated heterocycles. The summed E-state index contributed by atoms with van der Waals surface area (Å²) >= 11 is 0. The van der Waals surface area contributed by atoms with E-state index < -0.39 is 0 Å². The van der Waals surface area contributed by atoms with E-state index in [1.807, 2.05) is 0 Å². The molecule has 2 aliphatic heterocycles. The molecule has 2 aliphatic rings. The first-order chi connectivity index (χ1) is 11.3. The average Bonchev–Trinajstić information content (AvgIpc) is 2.58. The maximum atomic E-state index is 5.42. The lowest BCUT2D eigenvalue weighted by Gasteiger charge is -2.35. The van der Waals surface area contributed by atoms with Gasteiger partial charge in [0.05, 0.1) is 13.2 Å². The summed E-state index contributed by atoms with van der Waals surface area (Å²) in [6.07, 6.45) is 2.53. The minimum absolute atomic E-state index is 0.568. The van der Waals surface area contributed by atoms with E-state index >= 15 is 0 Å². The summed E-state index contributed by atoms with van der Waals surface area (Å²) in [6.45, 7) is 10.9. The summed E-state index contributed by atoms with van der Waals surface area (Å²) in [6, 6.07) is 12.1. The van der Waals surface area contributed by atoms with Crippen molar-refractivity contribution < 1.29 is 4.74 Å². The number of nitrogens with zero attached hydrogens (tertiary/aromatic N) is 2. The van der Waals surface area contributed by atoms with Crippen LogP contribution in [0.2, 0.25) is 0 Å². The average molecular weight is 317 g/mol. The minimum Gasteiger partial charge on any atom is -0.379 e. The molecule has 23 heavy (non-hydrogen) atoms. The van der Waals surface area contributed by atoms with Crippen molar-refractivity contribution in [3.05, 3.63) is 35.9 Å². The summed E-state index contributed by atoms with van der Waals surface area (Å²) in [7, 11) is 0. The lowest BCUT2D eigenvalue weighted by Crippen LogP contribution is -2.50. The number of rotatable bonds is 6. The molecular weight excluding hydrogens is 286 g/mol. The fraction of sp³-hybridized carbons (Fsp3) is 0.684. The van der Waals surface area contributed by atoms with Crippen LogP contribution in [0.15, 0.2) is 30.3 Å². The molecule has 1 aromatic carbocycles. The van der Waals surface area contributed by atoms with E-state index in [4.69, 9.17) is 4.74 Å². The van der Waals surface area contributed by atoms with Gasteiger partial charge < -0.3 is 10.1 Å². The monoisotopic (exact) mass is 317 g/mol. The Kier molecular flexibility index (Phi) is 6.46. The van der Waals surface area contributed by atoms with Gasteiger partial charge in [-0.2, -0.15) is 0 Å². The molecule has 1 atom stereocenters. The summed E-state index contributed by atoms with van der Waals surface area (Å²) in [4.78, 5) is 5.10. The zero-order valence-electron chi connectivity index (χ0n) is 14.4. The Balaban J connectivity index is 1.35. The zero-order valence-corrected chi connectivity index (χ0v) is 14.4. The van der Waals surface area contributed by atoms with Crippen LogP contribution in [0.25, 0.3) is 0 Å². The van der Waals surface area contributed by atoms with Gasteiger partial charge in [-0.25, -0.2) is 0 Å². The molecule has 0 radical (unpaired) electrons. The summed E-state index contributed by atoms with van der Waals surface area (Å²) in [5.74, 6) is 0. The topological polar surface area (TPSA) is 27.7 Å². The summed E-state index contributed by atoms with van der Waals surface area (Å²) < 4.78 is 5.42. The van der Waals surface area contributed by atoms with E-state index in [9.17, 15) is 0 Å². The van der Waals surface area contributed by atoms with Gasteiger partial charge in [0.15, 0.2) is 0 Å². The molecule has 0 aliphatic carbocycles. The number of benzene rings is 1. The lowest BCUT2D eigenvalue weighted by atomic mass is 10.0. The van der Waals surface area contributed by atoms with E-state index in [0.29, 0.717) is 12.1 Å². The highest BCUT2D eigenvalue weighted by atomic mass is 16.5. The molecule has 3 rings (SSSR count). The summed E-state index contributed by atoms with van der Waals surface area (Å²) in [5, 5.41) is 3.84. The quantitative estimate of drug-likeness (QED) is 0.868. The zero-order chi connectivity index (χ0) is 15.9. The maximum Gasteiger partial charge on any atom is 0.0594 e. The molecular formula is C19H31N3O. The molecule has 2 heterocycles. The van der Waals surface area contributed by atoms with E-state index in [1.54, 1.807) is 0 Å². The fourth-order valence-electron chi connectivity index (χ4n) is 3.73. The molecule has 4 nitrogen and oxygen atoms in total. The molecule has 0 spiro atoms. The number of hydrogen-bond acceptors (Lipinski definition) is 4. The second-order valence-corrected chi connectivity index (χ2v) is 7.02. The molecule has 1 aromatic rings. The molecule has 0 amide bonds. The van der Waals surface area contributed by atoms with Gasteiger partial charge in [0, 0.05) is 38.3 Å². The van der Waals surface area contributed by atoms with Gasteiger partial charge in [-0.05, 0) is 38.4 Å². The van der Waals surface area contributed by atoms with Crippen LogP contribution in [0.3, 0.4) is 0 Å². The lowest BCUT2D eigenvalue weighted by molar-refractivity contribution is 0.0332. The smallest absolute Gasteiger partial charge is 0.0594 e. The largest absolute Gasteiger partial charge is 0.379 e. The molecule has 1 N–H and O–H groups in total. The molecule has 1 unspecified atom stereocenters. The number of hydrogen-bond donors (Lipinski definition) is 1. The number of nitrogens with one attached hydrogen (secondary N) is 1. The van der Waals surface area contributed by atoms with Gasteiger partial charge in [-0.1, -0.05) is 30.3 Å². The Labute approximate surface area is 140 Å². The Morgan fingerprint density at radius 3 is 2.43 bits per heavy atom. The first-order valence-corrected chi connectivity index (χ1v) is 9.12. The number of piperidine rings is 1. The Morgan fingerprint density at radius 1 is 1.04 bits per heavy atom. The van der Waals surface area contributed by atoms with E-state index in [-0.39, 0.29) is 0 Å². The van der Waals surface area contributed by atoms with Crippen LogP contribution in [-0.4, -0.2) is 67.8 Å². The molecule has 128 valence electrons. The van der Waals surface area contributed by atoms with Crippen LogP contribution < -0.4 is 5.32 Å². The third-order valence-corrected chi connectivity index (χ3v) is 4.99. The second kappa shape index (κ2) is 8.78. The number of ether oxygens (including phenoxy) is 1. The van der Waals surface area contributed by atoms with Gasteiger partial charge in [0.2, 0.25) is 0 Å². The SMILES string of the molecule is CC(CN1CCOCC1)NC1CCN(Cc2ccccc2)CC1. The third-order valence-electron chi connectivity index (χ3n) is 4.99. The van der Waals surface area contributed by atoms with Gasteiger partial charge in [-0.3, -0.25) is 9.80 Å². The molecule has 2 fully saturated rings.